The predicted octanol–water partition coefficient (Wildman–Crippen LogP) is 2.42. The first-order chi connectivity index (χ1) is 6.85. The zero-order valence-electron chi connectivity index (χ0n) is 8.76. The van der Waals surface area contributed by atoms with Crippen LogP contribution in [0.3, 0.4) is 0 Å². The molecule has 3 rings (SSSR count). The Balaban J connectivity index is 1.97. The van der Waals surface area contributed by atoms with Crippen LogP contribution in [-0.4, -0.2) is 30.6 Å². The Labute approximate surface area is 84.9 Å². The molecule has 0 aromatic heterocycles. The van der Waals surface area contributed by atoms with E-state index in [4.69, 9.17) is 5.53 Å². The topological polar surface area (TPSA) is 52.0 Å². The molecule has 1 unspecified atom stereocenters. The number of hydrogen-bond acceptors (Lipinski definition) is 2. The van der Waals surface area contributed by atoms with Gasteiger partial charge in [0, 0.05) is 24.0 Å². The fourth-order valence-electron chi connectivity index (χ4n) is 3.03. The van der Waals surface area contributed by atoms with Crippen molar-refractivity contribution >= 4 is 0 Å². The first-order valence-corrected chi connectivity index (χ1v) is 5.60. The molecule has 3 heterocycles. The zero-order valence-corrected chi connectivity index (χ0v) is 8.76. The Kier molecular flexibility index (Phi) is 2.94. The normalized spacial score (nSPS) is 40.6. The molecule has 0 spiro atoms. The molecule has 0 radical (unpaired) electrons. The van der Waals surface area contributed by atoms with Crippen LogP contribution in [0.15, 0.2) is 5.11 Å². The lowest BCUT2D eigenvalue weighted by Crippen LogP contribution is -2.54. The second-order valence-corrected chi connectivity index (χ2v) is 4.51. The van der Waals surface area contributed by atoms with Gasteiger partial charge in [-0.15, -0.1) is 0 Å². The molecule has 3 saturated heterocycles. The van der Waals surface area contributed by atoms with Gasteiger partial charge in [0.05, 0.1) is 0 Å². The van der Waals surface area contributed by atoms with Crippen molar-refractivity contribution in [2.24, 2.45) is 17.0 Å². The van der Waals surface area contributed by atoms with Crippen LogP contribution in [0, 0.1) is 11.8 Å². The maximum Gasteiger partial charge on any atom is 0.0414 e. The Morgan fingerprint density at radius 1 is 1.57 bits per heavy atom. The van der Waals surface area contributed by atoms with Crippen molar-refractivity contribution in [1.29, 1.82) is 0 Å². The van der Waals surface area contributed by atoms with Gasteiger partial charge in [-0.05, 0) is 36.8 Å². The van der Waals surface area contributed by atoms with Gasteiger partial charge < -0.3 is 0 Å². The minimum absolute atomic E-state index is 0.535. The van der Waals surface area contributed by atoms with E-state index in [0.717, 1.165) is 11.8 Å². The van der Waals surface area contributed by atoms with E-state index in [1.54, 1.807) is 0 Å². The van der Waals surface area contributed by atoms with E-state index < -0.39 is 0 Å². The molecule has 0 N–H and O–H groups in total. The van der Waals surface area contributed by atoms with Crippen LogP contribution in [0.2, 0.25) is 0 Å². The van der Waals surface area contributed by atoms with Crippen LogP contribution in [0.4, 0.5) is 0 Å². The fraction of sp³-hybridized carbons (Fsp3) is 1.00. The summed E-state index contributed by atoms with van der Waals surface area (Å²) >= 11 is 0. The molecule has 3 aliphatic rings. The molecule has 0 saturated carbocycles. The number of azide groups is 1. The van der Waals surface area contributed by atoms with Crippen molar-refractivity contribution in [3.05, 3.63) is 10.4 Å². The van der Waals surface area contributed by atoms with Gasteiger partial charge in [0.2, 0.25) is 0 Å². The first kappa shape index (κ1) is 9.81. The highest BCUT2D eigenvalue weighted by Crippen LogP contribution is 2.37. The van der Waals surface area contributed by atoms with Gasteiger partial charge in [-0.3, -0.25) is 4.90 Å². The van der Waals surface area contributed by atoms with Crippen LogP contribution in [0.1, 0.15) is 26.2 Å². The summed E-state index contributed by atoms with van der Waals surface area (Å²) < 4.78 is 0. The van der Waals surface area contributed by atoms with E-state index >= 15 is 0 Å². The third-order valence-electron chi connectivity index (χ3n) is 3.89. The third kappa shape index (κ3) is 1.72. The largest absolute Gasteiger partial charge is 0.300 e. The standard InChI is InChI=1S/C10H18N4/c1-2-8-7-14-4-3-9(8)5-10(14)6-12-13-11/h8-10H,2-7H2,1H3/t8-,9-,10-/m0/s1. The highest BCUT2D eigenvalue weighted by atomic mass is 15.2. The molecule has 4 atom stereocenters. The van der Waals surface area contributed by atoms with E-state index in [-0.39, 0.29) is 0 Å². The van der Waals surface area contributed by atoms with Crippen LogP contribution in [0.5, 0.6) is 0 Å². The molecule has 3 aliphatic heterocycles. The highest BCUT2D eigenvalue weighted by Gasteiger charge is 2.38. The van der Waals surface area contributed by atoms with Crippen molar-refractivity contribution in [2.45, 2.75) is 32.2 Å². The van der Waals surface area contributed by atoms with Crippen LogP contribution >= 0.6 is 0 Å². The van der Waals surface area contributed by atoms with Gasteiger partial charge in [-0.2, -0.15) is 0 Å². The van der Waals surface area contributed by atoms with E-state index in [9.17, 15) is 0 Å². The summed E-state index contributed by atoms with van der Waals surface area (Å²) in [5, 5.41) is 3.70. The molecular formula is C10H18N4. The van der Waals surface area contributed by atoms with Crippen LogP contribution < -0.4 is 0 Å². The van der Waals surface area contributed by atoms with Crippen molar-refractivity contribution in [2.75, 3.05) is 19.6 Å². The molecule has 3 fully saturated rings. The number of rotatable bonds is 3. The Morgan fingerprint density at radius 2 is 2.43 bits per heavy atom. The monoisotopic (exact) mass is 194 g/mol. The van der Waals surface area contributed by atoms with Crippen molar-refractivity contribution in [3.63, 3.8) is 0 Å². The van der Waals surface area contributed by atoms with Crippen molar-refractivity contribution < 1.29 is 0 Å². The summed E-state index contributed by atoms with van der Waals surface area (Å²) in [6, 6.07) is 0.535. The number of hydrogen-bond donors (Lipinski definition) is 0. The fourth-order valence-corrected chi connectivity index (χ4v) is 3.03. The van der Waals surface area contributed by atoms with Crippen LogP contribution in [-0.2, 0) is 0 Å². The third-order valence-corrected chi connectivity index (χ3v) is 3.89. The second-order valence-electron chi connectivity index (χ2n) is 4.51. The maximum absolute atomic E-state index is 8.31. The van der Waals surface area contributed by atoms with Gasteiger partial charge in [0.25, 0.3) is 0 Å². The highest BCUT2D eigenvalue weighted by molar-refractivity contribution is 4.92. The summed E-state index contributed by atoms with van der Waals surface area (Å²) in [5.74, 6) is 1.79. The zero-order chi connectivity index (χ0) is 9.97. The lowest BCUT2D eigenvalue weighted by molar-refractivity contribution is 0.00376. The smallest absolute Gasteiger partial charge is 0.0414 e. The number of piperidine rings is 3. The summed E-state index contributed by atoms with van der Waals surface area (Å²) in [6.07, 6.45) is 3.90. The minimum atomic E-state index is 0.535. The quantitative estimate of drug-likeness (QED) is 0.386. The SMILES string of the molecule is CC[C@H]1CN2CC[C@H]1C[C@H]2CN=[N+]=[N-]. The van der Waals surface area contributed by atoms with Gasteiger partial charge in [-0.25, -0.2) is 0 Å². The van der Waals surface area contributed by atoms with Crippen molar-refractivity contribution in [1.82, 2.24) is 4.90 Å². The average molecular weight is 194 g/mol. The van der Waals surface area contributed by atoms with E-state index in [2.05, 4.69) is 21.8 Å². The van der Waals surface area contributed by atoms with Crippen molar-refractivity contribution in [3.8, 4) is 0 Å². The van der Waals surface area contributed by atoms with Gasteiger partial charge >= 0.3 is 0 Å². The molecule has 4 heteroatoms. The van der Waals surface area contributed by atoms with Gasteiger partial charge in [-0.1, -0.05) is 18.5 Å². The molecule has 0 aromatic carbocycles. The molecule has 78 valence electrons. The summed E-state index contributed by atoms with van der Waals surface area (Å²) in [7, 11) is 0. The molecule has 4 nitrogen and oxygen atoms in total. The Morgan fingerprint density at radius 3 is 3.00 bits per heavy atom. The van der Waals surface area contributed by atoms with Gasteiger partial charge in [0.1, 0.15) is 0 Å². The van der Waals surface area contributed by atoms with Crippen LogP contribution in [0.25, 0.3) is 10.4 Å². The predicted molar refractivity (Wildman–Crippen MR) is 55.9 cm³/mol. The molecular weight excluding hydrogens is 176 g/mol. The molecule has 14 heavy (non-hydrogen) atoms. The van der Waals surface area contributed by atoms with E-state index in [1.165, 1.54) is 32.4 Å². The first-order valence-electron chi connectivity index (χ1n) is 5.60. The average Bonchev–Trinajstić information content (AvgIpc) is 2.27. The molecule has 0 amide bonds. The minimum Gasteiger partial charge on any atom is -0.300 e. The molecule has 0 aliphatic carbocycles. The Hall–Kier alpha value is -0.730. The number of nitrogens with zero attached hydrogens (tertiary/aromatic N) is 4. The molecule has 2 bridgehead atoms. The number of fused-ring (bicyclic) bond motifs is 3. The van der Waals surface area contributed by atoms with Gasteiger partial charge in [0.15, 0.2) is 0 Å². The molecule has 0 aromatic rings. The van der Waals surface area contributed by atoms with E-state index in [0.29, 0.717) is 12.6 Å². The lowest BCUT2D eigenvalue weighted by Gasteiger charge is -2.49. The summed E-state index contributed by atoms with van der Waals surface area (Å²) in [5.41, 5.74) is 8.31. The maximum atomic E-state index is 8.31. The van der Waals surface area contributed by atoms with E-state index in [1.807, 2.05) is 0 Å². The second kappa shape index (κ2) is 4.20. The summed E-state index contributed by atoms with van der Waals surface area (Å²) in [4.78, 5) is 5.37. The Bertz CT molecular complexity index is 247. The lowest BCUT2D eigenvalue weighted by atomic mass is 9.74. The summed E-state index contributed by atoms with van der Waals surface area (Å²) in [6.45, 7) is 5.40.